The van der Waals surface area contributed by atoms with Gasteiger partial charge in [-0.2, -0.15) is 0 Å². The summed E-state index contributed by atoms with van der Waals surface area (Å²) in [6.45, 7) is 8.03. The largest absolute Gasteiger partial charge is 0.383 e. The molecule has 1 heterocycles. The van der Waals surface area contributed by atoms with Gasteiger partial charge in [0.25, 0.3) is 5.56 Å². The van der Waals surface area contributed by atoms with Crippen molar-refractivity contribution in [2.75, 3.05) is 23.7 Å². The number of benzene rings is 1. The molecular formula is C20H30N4O2. The third kappa shape index (κ3) is 5.00. The van der Waals surface area contributed by atoms with Gasteiger partial charge in [-0.15, -0.1) is 0 Å². The first-order valence-electron chi connectivity index (χ1n) is 9.35. The summed E-state index contributed by atoms with van der Waals surface area (Å²) >= 11 is 0. The maximum atomic E-state index is 12.5. The molecule has 0 unspecified atom stereocenters. The number of hydrogen-bond donors (Lipinski definition) is 2. The van der Waals surface area contributed by atoms with Crippen molar-refractivity contribution in [1.82, 2.24) is 9.55 Å². The molecule has 1 aromatic heterocycles. The third-order valence-corrected chi connectivity index (χ3v) is 4.37. The number of rotatable bonds is 9. The summed E-state index contributed by atoms with van der Waals surface area (Å²) in [4.78, 5) is 29.2. The molecule has 2 rings (SSSR count). The second kappa shape index (κ2) is 9.27. The number of hydrogen-bond acceptors (Lipinski definition) is 4. The summed E-state index contributed by atoms with van der Waals surface area (Å²) in [5.74, 6) is 0.513. The average Bonchev–Trinajstić information content (AvgIpc) is 2.61. The fourth-order valence-electron chi connectivity index (χ4n) is 3.02. The zero-order valence-electron chi connectivity index (χ0n) is 16.0. The number of nitrogens with zero attached hydrogens (tertiary/aromatic N) is 2. The molecule has 0 fully saturated rings. The first-order valence-corrected chi connectivity index (χ1v) is 9.35. The third-order valence-electron chi connectivity index (χ3n) is 4.37. The number of anilines is 2. The molecule has 2 aromatic rings. The van der Waals surface area contributed by atoms with Crippen LogP contribution in [0.5, 0.6) is 0 Å². The molecule has 142 valence electrons. The Morgan fingerprint density at radius 3 is 2.46 bits per heavy atom. The molecule has 0 radical (unpaired) electrons. The molecule has 0 aliphatic carbocycles. The molecule has 6 nitrogen and oxygen atoms in total. The molecule has 0 aliphatic heterocycles. The van der Waals surface area contributed by atoms with E-state index in [4.69, 9.17) is 5.73 Å². The van der Waals surface area contributed by atoms with E-state index in [9.17, 15) is 9.59 Å². The van der Waals surface area contributed by atoms with Gasteiger partial charge >= 0.3 is 5.69 Å². The van der Waals surface area contributed by atoms with Crippen molar-refractivity contribution in [3.8, 4) is 0 Å². The molecule has 0 saturated carbocycles. The summed E-state index contributed by atoms with van der Waals surface area (Å²) in [7, 11) is 0. The molecule has 1 aromatic carbocycles. The lowest BCUT2D eigenvalue weighted by molar-refractivity contribution is 0.507. The van der Waals surface area contributed by atoms with Crippen LogP contribution in [0.2, 0.25) is 0 Å². The quantitative estimate of drug-likeness (QED) is 0.722. The predicted molar refractivity (Wildman–Crippen MR) is 108 cm³/mol. The molecule has 0 saturated heterocycles. The van der Waals surface area contributed by atoms with Gasteiger partial charge in [0.05, 0.1) is 0 Å². The highest BCUT2D eigenvalue weighted by atomic mass is 16.2. The summed E-state index contributed by atoms with van der Waals surface area (Å²) < 4.78 is 1.48. The van der Waals surface area contributed by atoms with Gasteiger partial charge in [0.2, 0.25) is 0 Å². The standard InChI is InChI=1S/C20H30N4O2/c1-4-5-12-23(13-11-16-9-7-6-8-10-16)17-18(21)24(14-15(2)3)20(26)22-19(17)25/h6-10,15H,4-5,11-14,21H2,1-3H3,(H,22,25,26). The highest BCUT2D eigenvalue weighted by Gasteiger charge is 2.19. The van der Waals surface area contributed by atoms with Crippen LogP contribution in [0.15, 0.2) is 39.9 Å². The van der Waals surface area contributed by atoms with Gasteiger partial charge in [0.1, 0.15) is 11.5 Å². The molecule has 0 amide bonds. The van der Waals surface area contributed by atoms with Gasteiger partial charge < -0.3 is 10.6 Å². The van der Waals surface area contributed by atoms with E-state index >= 15 is 0 Å². The average molecular weight is 358 g/mol. The van der Waals surface area contributed by atoms with E-state index < -0.39 is 11.2 Å². The number of unbranched alkanes of at least 4 members (excludes halogenated alkanes) is 1. The van der Waals surface area contributed by atoms with Crippen molar-refractivity contribution < 1.29 is 0 Å². The number of H-pyrrole nitrogens is 1. The lowest BCUT2D eigenvalue weighted by Gasteiger charge is -2.26. The molecular weight excluding hydrogens is 328 g/mol. The number of aromatic amines is 1. The minimum absolute atomic E-state index is 0.252. The van der Waals surface area contributed by atoms with Crippen LogP contribution in [0.4, 0.5) is 11.5 Å². The Labute approximate surface area is 154 Å². The molecule has 0 aliphatic rings. The molecule has 6 heteroatoms. The van der Waals surface area contributed by atoms with Gasteiger partial charge in [0.15, 0.2) is 0 Å². The topological polar surface area (TPSA) is 84.1 Å². The summed E-state index contributed by atoms with van der Waals surface area (Å²) in [6.07, 6.45) is 2.79. The molecule has 0 bridgehead atoms. The van der Waals surface area contributed by atoms with E-state index in [0.29, 0.717) is 18.8 Å². The smallest absolute Gasteiger partial charge is 0.330 e. The predicted octanol–water partition coefficient (Wildman–Crippen LogP) is 2.62. The number of nitrogens with one attached hydrogen (secondary N) is 1. The molecule has 0 atom stereocenters. The Balaban J connectivity index is 2.37. The summed E-state index contributed by atoms with van der Waals surface area (Å²) in [6, 6.07) is 10.2. The van der Waals surface area contributed by atoms with E-state index in [2.05, 4.69) is 24.0 Å². The van der Waals surface area contributed by atoms with E-state index in [0.717, 1.165) is 25.8 Å². The van der Waals surface area contributed by atoms with Crippen LogP contribution in [0.3, 0.4) is 0 Å². The van der Waals surface area contributed by atoms with Crippen LogP contribution in [0.1, 0.15) is 39.2 Å². The molecule has 0 spiro atoms. The molecule has 3 N–H and O–H groups in total. The van der Waals surface area contributed by atoms with Gasteiger partial charge in [-0.05, 0) is 24.3 Å². The van der Waals surface area contributed by atoms with Gasteiger partial charge in [-0.3, -0.25) is 14.3 Å². The Morgan fingerprint density at radius 1 is 1.15 bits per heavy atom. The van der Waals surface area contributed by atoms with Crippen molar-refractivity contribution in [2.24, 2.45) is 5.92 Å². The Kier molecular flexibility index (Phi) is 7.06. The van der Waals surface area contributed by atoms with E-state index in [-0.39, 0.29) is 11.7 Å². The molecule has 26 heavy (non-hydrogen) atoms. The summed E-state index contributed by atoms with van der Waals surface area (Å²) in [5.41, 5.74) is 7.05. The van der Waals surface area contributed by atoms with Crippen LogP contribution < -0.4 is 21.9 Å². The van der Waals surface area contributed by atoms with Crippen LogP contribution in [0.25, 0.3) is 0 Å². The van der Waals surface area contributed by atoms with Crippen molar-refractivity contribution in [2.45, 2.75) is 46.6 Å². The number of nitrogens with two attached hydrogens (primary N) is 1. The van der Waals surface area contributed by atoms with Crippen LogP contribution in [-0.4, -0.2) is 22.6 Å². The zero-order chi connectivity index (χ0) is 19.1. The van der Waals surface area contributed by atoms with Crippen LogP contribution in [0, 0.1) is 5.92 Å². The highest BCUT2D eigenvalue weighted by molar-refractivity contribution is 5.62. The monoisotopic (exact) mass is 358 g/mol. The second-order valence-electron chi connectivity index (χ2n) is 7.07. The number of aromatic nitrogens is 2. The fourth-order valence-corrected chi connectivity index (χ4v) is 3.02. The number of nitrogen functional groups attached to an aromatic ring is 1. The lowest BCUT2D eigenvalue weighted by Crippen LogP contribution is -2.40. The lowest BCUT2D eigenvalue weighted by atomic mass is 10.1. The second-order valence-corrected chi connectivity index (χ2v) is 7.07. The Morgan fingerprint density at radius 2 is 1.85 bits per heavy atom. The van der Waals surface area contributed by atoms with Crippen LogP contribution >= 0.6 is 0 Å². The van der Waals surface area contributed by atoms with E-state index in [1.807, 2.05) is 36.9 Å². The first kappa shape index (κ1) is 19.8. The van der Waals surface area contributed by atoms with E-state index in [1.54, 1.807) is 0 Å². The van der Waals surface area contributed by atoms with Crippen molar-refractivity contribution in [1.29, 1.82) is 0 Å². The van der Waals surface area contributed by atoms with Crippen molar-refractivity contribution in [3.05, 3.63) is 56.7 Å². The fraction of sp³-hybridized carbons (Fsp3) is 0.500. The van der Waals surface area contributed by atoms with Crippen molar-refractivity contribution >= 4 is 11.5 Å². The van der Waals surface area contributed by atoms with Gasteiger partial charge in [-0.25, -0.2) is 4.79 Å². The Hall–Kier alpha value is -2.50. The maximum absolute atomic E-state index is 12.5. The SMILES string of the molecule is CCCCN(CCc1ccccc1)c1c(N)n(CC(C)C)c(=O)[nH]c1=O. The van der Waals surface area contributed by atoms with Crippen LogP contribution in [-0.2, 0) is 13.0 Å². The normalized spacial score (nSPS) is 11.1. The zero-order valence-corrected chi connectivity index (χ0v) is 16.0. The minimum atomic E-state index is -0.441. The minimum Gasteiger partial charge on any atom is -0.383 e. The summed E-state index contributed by atoms with van der Waals surface area (Å²) in [5, 5.41) is 0. The Bertz CT molecular complexity index is 809. The highest BCUT2D eigenvalue weighted by Crippen LogP contribution is 2.19. The first-order chi connectivity index (χ1) is 12.4. The van der Waals surface area contributed by atoms with Gasteiger partial charge in [0, 0.05) is 19.6 Å². The van der Waals surface area contributed by atoms with Gasteiger partial charge in [-0.1, -0.05) is 57.5 Å². The maximum Gasteiger partial charge on any atom is 0.330 e. The van der Waals surface area contributed by atoms with Crippen molar-refractivity contribution in [3.63, 3.8) is 0 Å². The van der Waals surface area contributed by atoms with E-state index in [1.165, 1.54) is 10.1 Å².